The largest absolute Gasteiger partial charge is 0.341 e. The van der Waals surface area contributed by atoms with Crippen LogP contribution >= 0.6 is 24.0 Å². The number of halogens is 2. The second-order valence-electron chi connectivity index (χ2n) is 7.32. The first-order valence-electron chi connectivity index (χ1n) is 9.08. The normalized spacial score (nSPS) is 18.3. The SMILES string of the molecule is CC(C)C[C@H](N)C(=O)N1CCCC(c2nc(-c3ccc(Cl)cc3)no2)C1.Cl. The van der Waals surface area contributed by atoms with Crippen LogP contribution < -0.4 is 5.73 Å². The van der Waals surface area contributed by atoms with Crippen LogP contribution in [0.15, 0.2) is 28.8 Å². The van der Waals surface area contributed by atoms with Crippen LogP contribution in [0.2, 0.25) is 5.02 Å². The Hall–Kier alpha value is -1.63. The first-order chi connectivity index (χ1) is 12.4. The van der Waals surface area contributed by atoms with Gasteiger partial charge in [0.1, 0.15) is 0 Å². The monoisotopic (exact) mass is 412 g/mol. The number of hydrogen-bond acceptors (Lipinski definition) is 5. The highest BCUT2D eigenvalue weighted by Gasteiger charge is 2.31. The number of carbonyl (C=O) groups excluding carboxylic acids is 1. The van der Waals surface area contributed by atoms with E-state index in [1.165, 1.54) is 0 Å². The second-order valence-corrected chi connectivity index (χ2v) is 7.76. The molecule has 27 heavy (non-hydrogen) atoms. The van der Waals surface area contributed by atoms with Gasteiger partial charge in [0.05, 0.1) is 12.0 Å². The Morgan fingerprint density at radius 3 is 2.74 bits per heavy atom. The van der Waals surface area contributed by atoms with Crippen LogP contribution in [0, 0.1) is 5.92 Å². The molecule has 1 fully saturated rings. The fourth-order valence-electron chi connectivity index (χ4n) is 3.34. The predicted octanol–water partition coefficient (Wildman–Crippen LogP) is 3.89. The lowest BCUT2D eigenvalue weighted by Gasteiger charge is -2.33. The Morgan fingerprint density at radius 1 is 1.37 bits per heavy atom. The van der Waals surface area contributed by atoms with Crippen molar-refractivity contribution >= 4 is 29.9 Å². The molecule has 1 aromatic heterocycles. The van der Waals surface area contributed by atoms with Crippen molar-refractivity contribution in [3.8, 4) is 11.4 Å². The number of aromatic nitrogens is 2. The second kappa shape index (κ2) is 9.53. The molecule has 2 atom stereocenters. The maximum absolute atomic E-state index is 12.6. The first kappa shape index (κ1) is 21.7. The van der Waals surface area contributed by atoms with E-state index in [2.05, 4.69) is 24.0 Å². The van der Waals surface area contributed by atoms with Crippen molar-refractivity contribution in [3.63, 3.8) is 0 Å². The van der Waals surface area contributed by atoms with Crippen molar-refractivity contribution in [1.29, 1.82) is 0 Å². The molecule has 6 nitrogen and oxygen atoms in total. The number of nitrogens with two attached hydrogens (primary N) is 1. The standard InChI is InChI=1S/C19H25ClN4O2.ClH/c1-12(2)10-16(21)19(25)24-9-3-4-14(11-24)18-22-17(23-26-18)13-5-7-15(20)8-6-13;/h5-8,12,14,16H,3-4,9-11,21H2,1-2H3;1H/t14?,16-;/m0./s1. The first-order valence-corrected chi connectivity index (χ1v) is 9.45. The molecular weight excluding hydrogens is 387 g/mol. The van der Waals surface area contributed by atoms with Gasteiger partial charge in [-0.05, 0) is 49.4 Å². The van der Waals surface area contributed by atoms with Crippen LogP contribution in [0.1, 0.15) is 44.9 Å². The van der Waals surface area contributed by atoms with E-state index >= 15 is 0 Å². The Kier molecular flexibility index (Phi) is 7.65. The van der Waals surface area contributed by atoms with Gasteiger partial charge >= 0.3 is 0 Å². The maximum Gasteiger partial charge on any atom is 0.239 e. The maximum atomic E-state index is 12.6. The summed E-state index contributed by atoms with van der Waals surface area (Å²) >= 11 is 5.92. The van der Waals surface area contributed by atoms with Crippen molar-refractivity contribution in [2.24, 2.45) is 11.7 Å². The molecule has 0 radical (unpaired) electrons. The van der Waals surface area contributed by atoms with Crippen molar-refractivity contribution in [1.82, 2.24) is 15.0 Å². The molecule has 1 unspecified atom stereocenters. The third-order valence-electron chi connectivity index (χ3n) is 4.67. The molecule has 8 heteroatoms. The van der Waals surface area contributed by atoms with E-state index < -0.39 is 6.04 Å². The minimum atomic E-state index is -0.443. The Morgan fingerprint density at radius 2 is 2.07 bits per heavy atom. The summed E-state index contributed by atoms with van der Waals surface area (Å²) in [7, 11) is 0. The number of benzene rings is 1. The summed E-state index contributed by atoms with van der Waals surface area (Å²) in [6.45, 7) is 5.46. The molecule has 3 rings (SSSR count). The van der Waals surface area contributed by atoms with Gasteiger partial charge in [-0.3, -0.25) is 4.79 Å². The molecule has 0 saturated carbocycles. The molecule has 1 aromatic carbocycles. The molecule has 0 aliphatic carbocycles. The Balaban J connectivity index is 0.00000261. The number of carbonyl (C=O) groups is 1. The van der Waals surface area contributed by atoms with E-state index in [0.717, 1.165) is 24.9 Å². The van der Waals surface area contributed by atoms with Gasteiger partial charge in [0, 0.05) is 23.7 Å². The molecule has 0 bridgehead atoms. The van der Waals surface area contributed by atoms with Gasteiger partial charge in [0.25, 0.3) is 0 Å². The summed E-state index contributed by atoms with van der Waals surface area (Å²) in [5.74, 6) is 1.57. The zero-order chi connectivity index (χ0) is 18.7. The van der Waals surface area contributed by atoms with E-state index in [9.17, 15) is 4.79 Å². The topological polar surface area (TPSA) is 85.3 Å². The molecule has 0 spiro atoms. The van der Waals surface area contributed by atoms with Gasteiger partial charge in [-0.2, -0.15) is 4.98 Å². The highest BCUT2D eigenvalue weighted by molar-refractivity contribution is 6.30. The third-order valence-corrected chi connectivity index (χ3v) is 4.92. The van der Waals surface area contributed by atoms with E-state index in [1.807, 2.05) is 17.0 Å². The van der Waals surface area contributed by atoms with E-state index in [0.29, 0.717) is 35.6 Å². The summed E-state index contributed by atoms with van der Waals surface area (Å²) in [6, 6.07) is 6.87. The number of amides is 1. The Labute approximate surface area is 170 Å². The molecule has 1 aliphatic rings. The van der Waals surface area contributed by atoms with Crippen LogP contribution in [-0.2, 0) is 4.79 Å². The molecule has 1 saturated heterocycles. The molecule has 1 aliphatic heterocycles. The van der Waals surface area contributed by atoms with Crippen LogP contribution in [0.4, 0.5) is 0 Å². The summed E-state index contributed by atoms with van der Waals surface area (Å²) in [5.41, 5.74) is 6.93. The summed E-state index contributed by atoms with van der Waals surface area (Å²) < 4.78 is 5.48. The fourth-order valence-corrected chi connectivity index (χ4v) is 3.47. The zero-order valence-corrected chi connectivity index (χ0v) is 17.2. The molecule has 2 heterocycles. The lowest BCUT2D eigenvalue weighted by molar-refractivity contribution is -0.134. The summed E-state index contributed by atoms with van der Waals surface area (Å²) in [5, 5.41) is 4.74. The fraction of sp³-hybridized carbons (Fsp3) is 0.526. The molecular formula is C19H26Cl2N4O2. The number of hydrogen-bond donors (Lipinski definition) is 1. The highest BCUT2D eigenvalue weighted by atomic mass is 35.5. The van der Waals surface area contributed by atoms with E-state index in [-0.39, 0.29) is 24.2 Å². The van der Waals surface area contributed by atoms with Gasteiger partial charge < -0.3 is 15.2 Å². The van der Waals surface area contributed by atoms with Gasteiger partial charge in [-0.15, -0.1) is 12.4 Å². The molecule has 148 valence electrons. The highest BCUT2D eigenvalue weighted by Crippen LogP contribution is 2.28. The average Bonchev–Trinajstić information content (AvgIpc) is 3.11. The summed E-state index contributed by atoms with van der Waals surface area (Å²) in [4.78, 5) is 19.0. The van der Waals surface area contributed by atoms with Gasteiger partial charge in [-0.1, -0.05) is 30.6 Å². The van der Waals surface area contributed by atoms with Crippen LogP contribution in [-0.4, -0.2) is 40.1 Å². The van der Waals surface area contributed by atoms with Crippen LogP contribution in [0.3, 0.4) is 0 Å². The number of rotatable bonds is 5. The lowest BCUT2D eigenvalue weighted by Crippen LogP contribution is -2.48. The van der Waals surface area contributed by atoms with Crippen LogP contribution in [0.5, 0.6) is 0 Å². The number of piperidine rings is 1. The molecule has 2 aromatic rings. The van der Waals surface area contributed by atoms with E-state index in [1.54, 1.807) is 12.1 Å². The van der Waals surface area contributed by atoms with Crippen molar-refractivity contribution in [3.05, 3.63) is 35.2 Å². The average molecular weight is 413 g/mol. The van der Waals surface area contributed by atoms with Gasteiger partial charge in [0.15, 0.2) is 0 Å². The van der Waals surface area contributed by atoms with Crippen molar-refractivity contribution in [2.75, 3.05) is 13.1 Å². The Bertz CT molecular complexity index is 748. The molecule has 2 N–H and O–H groups in total. The van der Waals surface area contributed by atoms with Crippen molar-refractivity contribution < 1.29 is 9.32 Å². The van der Waals surface area contributed by atoms with Gasteiger partial charge in [-0.25, -0.2) is 0 Å². The quantitative estimate of drug-likeness (QED) is 0.804. The zero-order valence-electron chi connectivity index (χ0n) is 15.6. The minimum absolute atomic E-state index is 0. The molecule has 1 amide bonds. The smallest absolute Gasteiger partial charge is 0.239 e. The van der Waals surface area contributed by atoms with Crippen molar-refractivity contribution in [2.45, 2.75) is 45.1 Å². The number of nitrogens with zero attached hydrogens (tertiary/aromatic N) is 3. The minimum Gasteiger partial charge on any atom is -0.341 e. The van der Waals surface area contributed by atoms with Gasteiger partial charge in [0.2, 0.25) is 17.6 Å². The summed E-state index contributed by atoms with van der Waals surface area (Å²) in [6.07, 6.45) is 2.52. The third kappa shape index (κ3) is 5.43. The number of likely N-dealkylation sites (tertiary alicyclic amines) is 1. The lowest BCUT2D eigenvalue weighted by atomic mass is 9.96. The van der Waals surface area contributed by atoms with E-state index in [4.69, 9.17) is 21.9 Å². The predicted molar refractivity (Wildman–Crippen MR) is 108 cm³/mol. The van der Waals surface area contributed by atoms with Crippen LogP contribution in [0.25, 0.3) is 11.4 Å².